The van der Waals surface area contributed by atoms with Gasteiger partial charge in [0.25, 0.3) is 0 Å². The molecule has 6 nitrogen and oxygen atoms in total. The number of H-pyrrole nitrogens is 1. The molecule has 0 radical (unpaired) electrons. The molecule has 3 N–H and O–H groups in total. The molecule has 1 atom stereocenters. The van der Waals surface area contributed by atoms with Crippen molar-refractivity contribution in [1.82, 2.24) is 20.6 Å². The molecular formula is C23H31N5O. The number of imidazole rings is 1. The third-order valence-electron chi connectivity index (χ3n) is 4.51. The third-order valence-corrected chi connectivity index (χ3v) is 4.51. The van der Waals surface area contributed by atoms with Gasteiger partial charge in [0.15, 0.2) is 5.96 Å². The van der Waals surface area contributed by atoms with E-state index in [0.717, 1.165) is 48.9 Å². The number of aromatic amines is 1. The van der Waals surface area contributed by atoms with Crippen LogP contribution in [0.1, 0.15) is 25.2 Å². The average molecular weight is 394 g/mol. The molecule has 3 rings (SSSR count). The summed E-state index contributed by atoms with van der Waals surface area (Å²) in [5, 5.41) is 6.69. The van der Waals surface area contributed by atoms with Gasteiger partial charge in [0.2, 0.25) is 0 Å². The zero-order chi connectivity index (χ0) is 20.3. The van der Waals surface area contributed by atoms with Crippen molar-refractivity contribution in [2.75, 3.05) is 26.2 Å². The van der Waals surface area contributed by atoms with Crippen LogP contribution in [0, 0.1) is 5.92 Å². The van der Waals surface area contributed by atoms with Crippen LogP contribution in [0.25, 0.3) is 11.0 Å². The third kappa shape index (κ3) is 6.91. The van der Waals surface area contributed by atoms with Gasteiger partial charge in [-0.1, -0.05) is 49.4 Å². The van der Waals surface area contributed by atoms with Crippen molar-refractivity contribution in [3.8, 4) is 0 Å². The summed E-state index contributed by atoms with van der Waals surface area (Å²) in [6.07, 6.45) is 0.814. The molecule has 1 unspecified atom stereocenters. The predicted molar refractivity (Wildman–Crippen MR) is 119 cm³/mol. The molecular weight excluding hydrogens is 362 g/mol. The second-order valence-electron chi connectivity index (χ2n) is 7.20. The molecule has 0 aliphatic heterocycles. The first-order valence-electron chi connectivity index (χ1n) is 10.3. The van der Waals surface area contributed by atoms with E-state index in [4.69, 9.17) is 9.73 Å². The summed E-state index contributed by atoms with van der Waals surface area (Å²) in [4.78, 5) is 12.7. The number of para-hydroxylation sites is 2. The molecule has 2 aromatic carbocycles. The van der Waals surface area contributed by atoms with Crippen molar-refractivity contribution >= 4 is 17.0 Å². The lowest BCUT2D eigenvalue weighted by molar-refractivity contribution is 0.0945. The Labute approximate surface area is 172 Å². The SMILES string of the molecule is CCNC(=NCC(C)COCc1ccccc1)NCCc1nc2ccccc2[nH]1. The topological polar surface area (TPSA) is 74.3 Å². The summed E-state index contributed by atoms with van der Waals surface area (Å²) in [7, 11) is 0. The van der Waals surface area contributed by atoms with Gasteiger partial charge in [-0.15, -0.1) is 0 Å². The van der Waals surface area contributed by atoms with Crippen LogP contribution in [0.3, 0.4) is 0 Å². The van der Waals surface area contributed by atoms with Gasteiger partial charge < -0.3 is 20.4 Å². The lowest BCUT2D eigenvalue weighted by atomic mass is 10.2. The highest BCUT2D eigenvalue weighted by Crippen LogP contribution is 2.10. The van der Waals surface area contributed by atoms with Gasteiger partial charge in [0, 0.05) is 26.1 Å². The Morgan fingerprint density at radius 3 is 2.69 bits per heavy atom. The van der Waals surface area contributed by atoms with Gasteiger partial charge in [0.05, 0.1) is 24.2 Å². The van der Waals surface area contributed by atoms with Gasteiger partial charge in [-0.3, -0.25) is 4.99 Å². The van der Waals surface area contributed by atoms with E-state index in [2.05, 4.69) is 46.6 Å². The molecule has 0 bridgehead atoms. The normalized spacial score (nSPS) is 12.8. The quantitative estimate of drug-likeness (QED) is 0.364. The largest absolute Gasteiger partial charge is 0.376 e. The molecule has 1 heterocycles. The lowest BCUT2D eigenvalue weighted by Gasteiger charge is -2.13. The lowest BCUT2D eigenvalue weighted by Crippen LogP contribution is -2.38. The zero-order valence-corrected chi connectivity index (χ0v) is 17.3. The molecule has 0 aliphatic carbocycles. The van der Waals surface area contributed by atoms with E-state index in [-0.39, 0.29) is 0 Å². The van der Waals surface area contributed by atoms with Crippen LogP contribution in [-0.2, 0) is 17.8 Å². The van der Waals surface area contributed by atoms with E-state index < -0.39 is 0 Å². The number of nitrogens with zero attached hydrogens (tertiary/aromatic N) is 2. The minimum Gasteiger partial charge on any atom is -0.376 e. The number of ether oxygens (including phenoxy) is 1. The Morgan fingerprint density at radius 1 is 1.10 bits per heavy atom. The van der Waals surface area contributed by atoms with E-state index in [1.54, 1.807) is 0 Å². The van der Waals surface area contributed by atoms with E-state index >= 15 is 0 Å². The summed E-state index contributed by atoms with van der Waals surface area (Å²) < 4.78 is 5.82. The van der Waals surface area contributed by atoms with Crippen LogP contribution >= 0.6 is 0 Å². The Balaban J connectivity index is 1.41. The molecule has 0 amide bonds. The number of aliphatic imine (C=N–C) groups is 1. The Bertz CT molecular complexity index is 857. The fourth-order valence-electron chi connectivity index (χ4n) is 3.02. The highest BCUT2D eigenvalue weighted by Gasteiger charge is 2.05. The second kappa shape index (κ2) is 11.2. The van der Waals surface area contributed by atoms with Crippen LogP contribution < -0.4 is 10.6 Å². The molecule has 0 fully saturated rings. The molecule has 1 aromatic heterocycles. The van der Waals surface area contributed by atoms with E-state index in [0.29, 0.717) is 19.1 Å². The molecule has 6 heteroatoms. The van der Waals surface area contributed by atoms with Gasteiger partial charge in [-0.25, -0.2) is 4.98 Å². The van der Waals surface area contributed by atoms with Crippen LogP contribution in [0.5, 0.6) is 0 Å². The molecule has 3 aromatic rings. The van der Waals surface area contributed by atoms with Crippen molar-refractivity contribution in [3.63, 3.8) is 0 Å². The van der Waals surface area contributed by atoms with Gasteiger partial charge in [-0.05, 0) is 30.5 Å². The number of hydrogen-bond donors (Lipinski definition) is 3. The minimum atomic E-state index is 0.351. The van der Waals surface area contributed by atoms with Gasteiger partial charge in [0.1, 0.15) is 5.82 Å². The number of hydrogen-bond acceptors (Lipinski definition) is 3. The maximum Gasteiger partial charge on any atom is 0.191 e. The van der Waals surface area contributed by atoms with Gasteiger partial charge >= 0.3 is 0 Å². The number of guanidine groups is 1. The summed E-state index contributed by atoms with van der Waals surface area (Å²) in [5.74, 6) is 2.17. The molecule has 0 saturated heterocycles. The first-order valence-corrected chi connectivity index (χ1v) is 10.3. The van der Waals surface area contributed by atoms with Crippen molar-refractivity contribution in [3.05, 3.63) is 66.0 Å². The molecule has 0 saturated carbocycles. The van der Waals surface area contributed by atoms with E-state index in [1.165, 1.54) is 5.56 Å². The van der Waals surface area contributed by atoms with E-state index in [9.17, 15) is 0 Å². The molecule has 0 aliphatic rings. The highest BCUT2D eigenvalue weighted by molar-refractivity contribution is 5.79. The monoisotopic (exact) mass is 393 g/mol. The van der Waals surface area contributed by atoms with Crippen molar-refractivity contribution in [2.45, 2.75) is 26.9 Å². The van der Waals surface area contributed by atoms with E-state index in [1.807, 2.05) is 42.5 Å². The zero-order valence-electron chi connectivity index (χ0n) is 17.3. The first kappa shape index (κ1) is 20.9. The van der Waals surface area contributed by atoms with Crippen molar-refractivity contribution < 1.29 is 4.74 Å². The Kier molecular flexibility index (Phi) is 8.07. The molecule has 0 spiro atoms. The van der Waals surface area contributed by atoms with Crippen molar-refractivity contribution in [2.24, 2.45) is 10.9 Å². The first-order chi connectivity index (χ1) is 14.2. The van der Waals surface area contributed by atoms with Crippen molar-refractivity contribution in [1.29, 1.82) is 0 Å². The molecule has 154 valence electrons. The van der Waals surface area contributed by atoms with Crippen LogP contribution in [0.2, 0.25) is 0 Å². The minimum absolute atomic E-state index is 0.351. The average Bonchev–Trinajstić information content (AvgIpc) is 3.15. The summed E-state index contributed by atoms with van der Waals surface area (Å²) in [5.41, 5.74) is 3.28. The summed E-state index contributed by atoms with van der Waals surface area (Å²) >= 11 is 0. The fraction of sp³-hybridized carbons (Fsp3) is 0.391. The highest BCUT2D eigenvalue weighted by atomic mass is 16.5. The summed E-state index contributed by atoms with van der Waals surface area (Å²) in [6, 6.07) is 18.3. The number of aromatic nitrogens is 2. The molecule has 29 heavy (non-hydrogen) atoms. The number of fused-ring (bicyclic) bond motifs is 1. The smallest absolute Gasteiger partial charge is 0.191 e. The Hall–Kier alpha value is -2.86. The maximum atomic E-state index is 5.82. The van der Waals surface area contributed by atoms with Crippen LogP contribution in [0.15, 0.2) is 59.6 Å². The number of nitrogens with one attached hydrogen (secondary N) is 3. The number of rotatable bonds is 10. The van der Waals surface area contributed by atoms with Crippen LogP contribution in [0.4, 0.5) is 0 Å². The second-order valence-corrected chi connectivity index (χ2v) is 7.20. The fourth-order valence-corrected chi connectivity index (χ4v) is 3.02. The Morgan fingerprint density at radius 2 is 1.90 bits per heavy atom. The standard InChI is InChI=1S/C23H31N5O/c1-3-24-23(25-14-13-22-27-20-11-7-8-12-21(20)28-22)26-15-18(2)16-29-17-19-9-5-4-6-10-19/h4-12,18H,3,13-17H2,1-2H3,(H,27,28)(H2,24,25,26). The maximum absolute atomic E-state index is 5.82. The predicted octanol–water partition coefficient (Wildman–Crippen LogP) is 3.51. The van der Waals surface area contributed by atoms with Gasteiger partial charge in [-0.2, -0.15) is 0 Å². The number of benzene rings is 2. The van der Waals surface area contributed by atoms with Crippen LogP contribution in [-0.4, -0.2) is 42.2 Å². The summed E-state index contributed by atoms with van der Waals surface area (Å²) in [6.45, 7) is 7.88.